The minimum atomic E-state index is -1.60. The van der Waals surface area contributed by atoms with Crippen LogP contribution in [0.4, 0.5) is 0 Å². The van der Waals surface area contributed by atoms with Crippen LogP contribution in [0.1, 0.15) is 25.8 Å². The Labute approximate surface area is 126 Å². The molecule has 0 amide bonds. The van der Waals surface area contributed by atoms with Crippen LogP contribution >= 0.6 is 0 Å². The van der Waals surface area contributed by atoms with Crippen LogP contribution < -0.4 is 4.74 Å². The SMILES string of the molecule is CCOc1ncnc2nc(C3O[C@H](CO)[C@@H](O)[C@@]3(C)O)[nH]c12. The van der Waals surface area contributed by atoms with Gasteiger partial charge in [0.1, 0.15) is 41.6 Å². The average Bonchev–Trinajstić information content (AvgIpc) is 3.00. The van der Waals surface area contributed by atoms with Gasteiger partial charge >= 0.3 is 0 Å². The summed E-state index contributed by atoms with van der Waals surface area (Å²) in [6.07, 6.45) is -1.71. The van der Waals surface area contributed by atoms with Gasteiger partial charge in [0.15, 0.2) is 5.65 Å². The smallest absolute Gasteiger partial charge is 0.243 e. The molecule has 2 aromatic heterocycles. The molecule has 0 aromatic carbocycles. The summed E-state index contributed by atoms with van der Waals surface area (Å²) in [6, 6.07) is 0. The molecule has 22 heavy (non-hydrogen) atoms. The Kier molecular flexibility index (Phi) is 3.73. The van der Waals surface area contributed by atoms with Crippen molar-refractivity contribution in [3.05, 3.63) is 12.2 Å². The molecule has 0 spiro atoms. The second-order valence-corrected chi connectivity index (χ2v) is 5.34. The summed E-state index contributed by atoms with van der Waals surface area (Å²) in [4.78, 5) is 15.3. The second-order valence-electron chi connectivity index (χ2n) is 5.34. The monoisotopic (exact) mass is 310 g/mol. The van der Waals surface area contributed by atoms with E-state index in [1.165, 1.54) is 13.3 Å². The molecule has 1 fully saturated rings. The van der Waals surface area contributed by atoms with Crippen molar-refractivity contribution in [2.75, 3.05) is 13.2 Å². The molecule has 4 N–H and O–H groups in total. The van der Waals surface area contributed by atoms with Gasteiger partial charge in [-0.15, -0.1) is 0 Å². The van der Waals surface area contributed by atoms with Crippen LogP contribution in [0, 0.1) is 0 Å². The van der Waals surface area contributed by atoms with Crippen molar-refractivity contribution in [3.8, 4) is 5.88 Å². The Morgan fingerprint density at radius 1 is 1.45 bits per heavy atom. The summed E-state index contributed by atoms with van der Waals surface area (Å²) in [5, 5.41) is 29.7. The quantitative estimate of drug-likeness (QED) is 0.582. The standard InChI is InChI=1S/C13H18N4O5/c1-3-21-12-7-10(14-5-15-12)17-11(16-7)9-13(2,20)8(19)6(4-18)22-9/h5-6,8-9,18-20H,3-4H2,1-2H3,(H,14,15,16,17)/t6-,8-,9?,13-/m1/s1. The number of rotatable bonds is 4. The normalized spacial score (nSPS) is 31.8. The van der Waals surface area contributed by atoms with E-state index in [0.29, 0.717) is 23.7 Å². The molecule has 1 aliphatic rings. The van der Waals surface area contributed by atoms with E-state index in [2.05, 4.69) is 19.9 Å². The van der Waals surface area contributed by atoms with Crippen LogP contribution in [0.2, 0.25) is 0 Å². The molecule has 120 valence electrons. The lowest BCUT2D eigenvalue weighted by molar-refractivity contribution is -0.0671. The lowest BCUT2D eigenvalue weighted by Gasteiger charge is -2.25. The van der Waals surface area contributed by atoms with Crippen molar-refractivity contribution in [1.82, 2.24) is 19.9 Å². The molecule has 9 nitrogen and oxygen atoms in total. The number of H-pyrrole nitrogens is 1. The molecule has 0 saturated carbocycles. The van der Waals surface area contributed by atoms with E-state index >= 15 is 0 Å². The first-order chi connectivity index (χ1) is 10.5. The highest BCUT2D eigenvalue weighted by atomic mass is 16.6. The summed E-state index contributed by atoms with van der Waals surface area (Å²) in [6.45, 7) is 3.29. The van der Waals surface area contributed by atoms with E-state index in [0.717, 1.165) is 0 Å². The number of aromatic nitrogens is 4. The van der Waals surface area contributed by atoms with Gasteiger partial charge in [0.05, 0.1) is 13.2 Å². The number of hydrogen-bond donors (Lipinski definition) is 4. The lowest BCUT2D eigenvalue weighted by Crippen LogP contribution is -2.43. The topological polar surface area (TPSA) is 134 Å². The number of ether oxygens (including phenoxy) is 2. The molecular weight excluding hydrogens is 292 g/mol. The van der Waals surface area contributed by atoms with E-state index in [4.69, 9.17) is 9.47 Å². The van der Waals surface area contributed by atoms with Crippen LogP contribution in [0.3, 0.4) is 0 Å². The first-order valence-corrected chi connectivity index (χ1v) is 6.99. The molecule has 4 atom stereocenters. The summed E-state index contributed by atoms with van der Waals surface area (Å²) in [5.74, 6) is 0.639. The summed E-state index contributed by atoms with van der Waals surface area (Å²) < 4.78 is 10.9. The number of nitrogens with one attached hydrogen (secondary N) is 1. The fourth-order valence-electron chi connectivity index (χ4n) is 2.60. The van der Waals surface area contributed by atoms with Gasteiger partial charge < -0.3 is 29.8 Å². The van der Waals surface area contributed by atoms with Crippen molar-refractivity contribution < 1.29 is 24.8 Å². The Bertz CT molecular complexity index is 673. The molecular formula is C13H18N4O5. The van der Waals surface area contributed by atoms with Crippen LogP contribution in [-0.2, 0) is 4.74 Å². The van der Waals surface area contributed by atoms with E-state index < -0.39 is 30.5 Å². The molecule has 0 bridgehead atoms. The number of fused-ring (bicyclic) bond motifs is 1. The fourth-order valence-corrected chi connectivity index (χ4v) is 2.60. The van der Waals surface area contributed by atoms with Crippen molar-refractivity contribution >= 4 is 11.2 Å². The fraction of sp³-hybridized carbons (Fsp3) is 0.615. The molecule has 1 unspecified atom stereocenters. The van der Waals surface area contributed by atoms with Gasteiger partial charge in [0.2, 0.25) is 5.88 Å². The predicted octanol–water partition coefficient (Wildman–Crippen LogP) is -0.704. The van der Waals surface area contributed by atoms with Crippen molar-refractivity contribution in [3.63, 3.8) is 0 Å². The average molecular weight is 310 g/mol. The Morgan fingerprint density at radius 3 is 2.86 bits per heavy atom. The largest absolute Gasteiger partial charge is 0.476 e. The summed E-state index contributed by atoms with van der Waals surface area (Å²) >= 11 is 0. The zero-order valence-electron chi connectivity index (χ0n) is 12.2. The Balaban J connectivity index is 2.02. The Morgan fingerprint density at radius 2 is 2.23 bits per heavy atom. The van der Waals surface area contributed by atoms with Gasteiger partial charge in [0, 0.05) is 0 Å². The minimum Gasteiger partial charge on any atom is -0.476 e. The molecule has 1 aliphatic heterocycles. The number of nitrogens with zero attached hydrogens (tertiary/aromatic N) is 3. The minimum absolute atomic E-state index is 0.288. The van der Waals surface area contributed by atoms with Crippen LogP contribution in [0.25, 0.3) is 11.2 Å². The summed E-state index contributed by atoms with van der Waals surface area (Å²) in [7, 11) is 0. The lowest BCUT2D eigenvalue weighted by atomic mass is 9.92. The number of aliphatic hydroxyl groups excluding tert-OH is 2. The molecule has 0 radical (unpaired) electrons. The highest BCUT2D eigenvalue weighted by Gasteiger charge is 2.53. The summed E-state index contributed by atoms with van der Waals surface area (Å²) in [5.41, 5.74) is -0.740. The van der Waals surface area contributed by atoms with Crippen molar-refractivity contribution in [2.24, 2.45) is 0 Å². The van der Waals surface area contributed by atoms with E-state index in [-0.39, 0.29) is 5.82 Å². The highest BCUT2D eigenvalue weighted by molar-refractivity contribution is 5.75. The third-order valence-electron chi connectivity index (χ3n) is 3.77. The third-order valence-corrected chi connectivity index (χ3v) is 3.77. The van der Waals surface area contributed by atoms with E-state index in [1.807, 2.05) is 6.92 Å². The van der Waals surface area contributed by atoms with Gasteiger partial charge in [0.25, 0.3) is 0 Å². The number of imidazole rings is 1. The maximum atomic E-state index is 10.5. The van der Waals surface area contributed by atoms with Gasteiger partial charge in [-0.1, -0.05) is 0 Å². The molecule has 0 aliphatic carbocycles. The van der Waals surface area contributed by atoms with Gasteiger partial charge in [-0.25, -0.2) is 9.97 Å². The zero-order valence-corrected chi connectivity index (χ0v) is 12.2. The molecule has 9 heteroatoms. The van der Waals surface area contributed by atoms with Crippen molar-refractivity contribution in [2.45, 2.75) is 37.8 Å². The first-order valence-electron chi connectivity index (χ1n) is 6.99. The van der Waals surface area contributed by atoms with Crippen LogP contribution in [0.5, 0.6) is 5.88 Å². The van der Waals surface area contributed by atoms with E-state index in [9.17, 15) is 15.3 Å². The van der Waals surface area contributed by atoms with E-state index in [1.54, 1.807) is 0 Å². The molecule has 3 heterocycles. The number of hydrogen-bond acceptors (Lipinski definition) is 8. The maximum absolute atomic E-state index is 10.5. The van der Waals surface area contributed by atoms with Crippen LogP contribution in [0.15, 0.2) is 6.33 Å². The van der Waals surface area contributed by atoms with Gasteiger partial charge in [-0.2, -0.15) is 4.98 Å². The predicted molar refractivity (Wildman–Crippen MR) is 74.2 cm³/mol. The van der Waals surface area contributed by atoms with Crippen molar-refractivity contribution in [1.29, 1.82) is 0 Å². The highest BCUT2D eigenvalue weighted by Crippen LogP contribution is 2.41. The number of aliphatic hydroxyl groups is 3. The first kappa shape index (κ1) is 15.1. The molecule has 1 saturated heterocycles. The molecule has 2 aromatic rings. The second kappa shape index (κ2) is 5.43. The van der Waals surface area contributed by atoms with Crippen LogP contribution in [-0.4, -0.2) is 66.3 Å². The molecule has 3 rings (SSSR count). The zero-order chi connectivity index (χ0) is 15.9. The van der Waals surface area contributed by atoms with Gasteiger partial charge in [-0.05, 0) is 13.8 Å². The Hall–Kier alpha value is -1.81. The third kappa shape index (κ3) is 2.22. The van der Waals surface area contributed by atoms with Gasteiger partial charge in [-0.3, -0.25) is 0 Å². The number of aromatic amines is 1. The maximum Gasteiger partial charge on any atom is 0.243 e.